The van der Waals surface area contributed by atoms with Crippen LogP contribution in [0.5, 0.6) is 17.2 Å². The number of fused-ring (bicyclic) bond motifs is 2. The molecule has 1 aromatic heterocycles. The smallest absolute Gasteiger partial charge is 0.295 e. The van der Waals surface area contributed by atoms with E-state index in [0.717, 1.165) is 5.56 Å². The van der Waals surface area contributed by atoms with Crippen molar-refractivity contribution < 1.29 is 23.4 Å². The Kier molecular flexibility index (Phi) is 6.25. The molecule has 0 spiro atoms. The van der Waals surface area contributed by atoms with Crippen molar-refractivity contribution in [3.8, 4) is 17.2 Å². The third-order valence-corrected chi connectivity index (χ3v) is 6.85. The van der Waals surface area contributed by atoms with E-state index in [1.165, 1.54) is 0 Å². The summed E-state index contributed by atoms with van der Waals surface area (Å²) in [6.45, 7) is 0.368. The highest BCUT2D eigenvalue weighted by molar-refractivity contribution is 6.10. The molecule has 0 radical (unpaired) electrons. The van der Waals surface area contributed by atoms with Crippen LogP contribution in [0.15, 0.2) is 106 Å². The van der Waals surface area contributed by atoms with Crippen LogP contribution in [-0.2, 0) is 6.61 Å². The van der Waals surface area contributed by atoms with Crippen molar-refractivity contribution in [2.24, 2.45) is 0 Å². The average molecular weight is 520 g/mol. The summed E-state index contributed by atoms with van der Waals surface area (Å²) < 4.78 is 23.2. The normalized spacial score (nSPS) is 14.4. The van der Waals surface area contributed by atoms with Gasteiger partial charge in [-0.3, -0.25) is 14.5 Å². The van der Waals surface area contributed by atoms with Crippen LogP contribution in [0, 0.1) is 0 Å². The van der Waals surface area contributed by atoms with Gasteiger partial charge in [0.15, 0.2) is 16.9 Å². The maximum atomic E-state index is 13.9. The number of nitrogens with zero attached hydrogens (tertiary/aromatic N) is 1. The zero-order valence-electron chi connectivity index (χ0n) is 21.4. The number of hydrogen-bond acceptors (Lipinski definition) is 6. The Labute approximate surface area is 224 Å². The summed E-state index contributed by atoms with van der Waals surface area (Å²) in [6.07, 6.45) is 0. The second kappa shape index (κ2) is 10.0. The minimum atomic E-state index is -0.752. The number of methoxy groups -OCH3 is 2. The standard InChI is InChI=1S/C32H25NO6/c1-36-23-12-8-11-22(18-23)33-29(28-30(34)24-13-6-7-14-25(24)39-31(28)32(33)35)21-15-16-26(27(17-21)37-2)38-19-20-9-4-3-5-10-20/h3-18,29H,19H2,1-2H3. The number of hydrogen-bond donors (Lipinski definition) is 0. The molecular formula is C32H25NO6. The fraction of sp³-hybridized carbons (Fsp3) is 0.125. The van der Waals surface area contributed by atoms with Gasteiger partial charge in [-0.15, -0.1) is 0 Å². The molecule has 7 nitrogen and oxygen atoms in total. The van der Waals surface area contributed by atoms with Crippen molar-refractivity contribution in [3.05, 3.63) is 130 Å². The van der Waals surface area contributed by atoms with Crippen molar-refractivity contribution in [2.75, 3.05) is 19.1 Å². The number of ether oxygens (including phenoxy) is 3. The van der Waals surface area contributed by atoms with Gasteiger partial charge >= 0.3 is 0 Å². The van der Waals surface area contributed by atoms with Crippen LogP contribution in [0.3, 0.4) is 0 Å². The summed E-state index contributed by atoms with van der Waals surface area (Å²) in [7, 11) is 3.12. The Morgan fingerprint density at radius 3 is 2.38 bits per heavy atom. The van der Waals surface area contributed by atoms with Gasteiger partial charge in [-0.1, -0.05) is 54.6 Å². The lowest BCUT2D eigenvalue weighted by Gasteiger charge is -2.26. The Bertz CT molecular complexity index is 1740. The topological polar surface area (TPSA) is 78.2 Å². The van der Waals surface area contributed by atoms with Crippen molar-refractivity contribution >= 4 is 22.6 Å². The summed E-state index contributed by atoms with van der Waals surface area (Å²) in [5.41, 5.74) is 2.66. The number of carbonyl (C=O) groups is 1. The molecule has 5 aromatic rings. The molecule has 0 bridgehead atoms. The zero-order valence-corrected chi connectivity index (χ0v) is 21.4. The van der Waals surface area contributed by atoms with E-state index in [-0.39, 0.29) is 16.8 Å². The van der Waals surface area contributed by atoms with Crippen LogP contribution in [0.2, 0.25) is 0 Å². The monoisotopic (exact) mass is 519 g/mol. The lowest BCUT2D eigenvalue weighted by Crippen LogP contribution is -2.29. The van der Waals surface area contributed by atoms with Gasteiger partial charge in [0.1, 0.15) is 17.9 Å². The van der Waals surface area contributed by atoms with Crippen LogP contribution in [-0.4, -0.2) is 20.1 Å². The van der Waals surface area contributed by atoms with E-state index in [9.17, 15) is 9.59 Å². The first kappa shape index (κ1) is 24.3. The van der Waals surface area contributed by atoms with Gasteiger partial charge in [0.25, 0.3) is 5.91 Å². The summed E-state index contributed by atoms with van der Waals surface area (Å²) in [4.78, 5) is 29.2. The van der Waals surface area contributed by atoms with Crippen LogP contribution in [0.25, 0.3) is 11.0 Å². The third kappa shape index (κ3) is 4.28. The minimum absolute atomic E-state index is 0.0230. The average Bonchev–Trinajstić information content (AvgIpc) is 3.28. The highest BCUT2D eigenvalue weighted by Crippen LogP contribution is 2.44. The number of anilines is 1. The third-order valence-electron chi connectivity index (χ3n) is 6.85. The predicted molar refractivity (Wildman–Crippen MR) is 148 cm³/mol. The fourth-order valence-corrected chi connectivity index (χ4v) is 4.97. The summed E-state index contributed by atoms with van der Waals surface area (Å²) in [6, 6.07) is 28.6. The number of para-hydroxylation sites is 1. The first-order valence-corrected chi connectivity index (χ1v) is 12.5. The molecule has 4 aromatic carbocycles. The molecule has 0 N–H and O–H groups in total. The van der Waals surface area contributed by atoms with E-state index in [2.05, 4.69) is 0 Å². The molecular weight excluding hydrogens is 494 g/mol. The Morgan fingerprint density at radius 2 is 1.59 bits per heavy atom. The first-order chi connectivity index (χ1) is 19.1. The number of amides is 1. The lowest BCUT2D eigenvalue weighted by molar-refractivity contribution is 0.0971. The van der Waals surface area contributed by atoms with E-state index in [0.29, 0.717) is 46.1 Å². The quantitative estimate of drug-likeness (QED) is 0.257. The van der Waals surface area contributed by atoms with E-state index < -0.39 is 11.9 Å². The fourth-order valence-electron chi connectivity index (χ4n) is 4.97. The van der Waals surface area contributed by atoms with Gasteiger partial charge in [0.05, 0.1) is 31.2 Å². The second-order valence-corrected chi connectivity index (χ2v) is 9.13. The van der Waals surface area contributed by atoms with Gasteiger partial charge < -0.3 is 18.6 Å². The molecule has 0 saturated heterocycles. The molecule has 39 heavy (non-hydrogen) atoms. The highest BCUT2D eigenvalue weighted by atomic mass is 16.5. The van der Waals surface area contributed by atoms with Crippen molar-refractivity contribution in [1.82, 2.24) is 0 Å². The Morgan fingerprint density at radius 1 is 0.795 bits per heavy atom. The zero-order chi connectivity index (χ0) is 26.9. The Balaban J connectivity index is 1.49. The van der Waals surface area contributed by atoms with Crippen LogP contribution in [0.4, 0.5) is 5.69 Å². The summed E-state index contributed by atoms with van der Waals surface area (Å²) in [5, 5.41) is 0.413. The van der Waals surface area contributed by atoms with Crippen molar-refractivity contribution in [1.29, 1.82) is 0 Å². The SMILES string of the molecule is COc1cccc(N2C(=O)c3oc4ccccc4c(=O)c3C2c2ccc(OCc3ccccc3)c(OC)c2)c1. The molecule has 6 rings (SSSR count). The van der Waals surface area contributed by atoms with E-state index >= 15 is 0 Å². The van der Waals surface area contributed by atoms with Crippen molar-refractivity contribution in [3.63, 3.8) is 0 Å². The van der Waals surface area contributed by atoms with Crippen LogP contribution in [0.1, 0.15) is 33.3 Å². The van der Waals surface area contributed by atoms with Crippen molar-refractivity contribution in [2.45, 2.75) is 12.6 Å². The molecule has 1 unspecified atom stereocenters. The number of benzene rings is 4. The Hall–Kier alpha value is -5.04. The van der Waals surface area contributed by atoms with Gasteiger partial charge in [0, 0.05) is 11.8 Å². The molecule has 2 heterocycles. The van der Waals surface area contributed by atoms with Gasteiger partial charge in [-0.2, -0.15) is 0 Å². The molecule has 7 heteroatoms. The maximum Gasteiger partial charge on any atom is 0.295 e. The maximum absolute atomic E-state index is 13.9. The molecule has 1 atom stereocenters. The summed E-state index contributed by atoms with van der Waals surface area (Å²) >= 11 is 0. The van der Waals surface area contributed by atoms with E-state index in [1.807, 2.05) is 36.4 Å². The lowest BCUT2D eigenvalue weighted by atomic mass is 9.97. The van der Waals surface area contributed by atoms with Gasteiger partial charge in [-0.25, -0.2) is 0 Å². The van der Waals surface area contributed by atoms with E-state index in [1.54, 1.807) is 79.8 Å². The number of carbonyl (C=O) groups excluding carboxylic acids is 1. The molecule has 194 valence electrons. The summed E-state index contributed by atoms with van der Waals surface area (Å²) in [5.74, 6) is 1.24. The molecule has 0 fully saturated rings. The number of rotatable bonds is 7. The first-order valence-electron chi connectivity index (χ1n) is 12.5. The molecule has 0 saturated carbocycles. The minimum Gasteiger partial charge on any atom is -0.497 e. The van der Waals surface area contributed by atoms with Gasteiger partial charge in [-0.05, 0) is 47.5 Å². The van der Waals surface area contributed by atoms with Gasteiger partial charge in [0.2, 0.25) is 5.76 Å². The molecule has 0 aliphatic carbocycles. The largest absolute Gasteiger partial charge is 0.497 e. The van der Waals surface area contributed by atoms with Crippen LogP contribution >= 0.6 is 0 Å². The van der Waals surface area contributed by atoms with E-state index in [4.69, 9.17) is 18.6 Å². The highest BCUT2D eigenvalue weighted by Gasteiger charge is 2.44. The molecule has 1 amide bonds. The predicted octanol–water partition coefficient (Wildman–Crippen LogP) is 6.14. The molecule has 1 aliphatic rings. The second-order valence-electron chi connectivity index (χ2n) is 9.13. The van der Waals surface area contributed by atoms with Crippen LogP contribution < -0.4 is 24.5 Å². The molecule has 1 aliphatic heterocycles.